The van der Waals surface area contributed by atoms with E-state index in [9.17, 15) is 22.7 Å². The summed E-state index contributed by atoms with van der Waals surface area (Å²) in [5.74, 6) is -0.483. The van der Waals surface area contributed by atoms with Crippen LogP contribution < -0.4 is 10.0 Å². The molecule has 14 heteroatoms. The molecule has 186 valence electrons. The van der Waals surface area contributed by atoms with Gasteiger partial charge in [0, 0.05) is 30.9 Å². The average molecular weight is 525 g/mol. The molecule has 4 rings (SSSR count). The second-order valence-electron chi connectivity index (χ2n) is 7.86. The molecule has 0 saturated heterocycles. The molecule has 2 aromatic heterocycles. The lowest BCUT2D eigenvalue weighted by Gasteiger charge is -2.17. The number of benzene rings is 1. The van der Waals surface area contributed by atoms with Gasteiger partial charge in [-0.2, -0.15) is 18.2 Å². The van der Waals surface area contributed by atoms with E-state index in [1.165, 1.54) is 18.6 Å². The highest BCUT2D eigenvalue weighted by Gasteiger charge is 2.46. The molecular formula is C21H22ClFN6O5S. The molecule has 1 fully saturated rings. The molecule has 1 aliphatic rings. The number of nitrogens with zero attached hydrogens (tertiary/aromatic N) is 4. The van der Waals surface area contributed by atoms with E-state index in [0.29, 0.717) is 11.6 Å². The summed E-state index contributed by atoms with van der Waals surface area (Å²) in [5, 5.41) is 17.8. The van der Waals surface area contributed by atoms with Crippen LogP contribution in [0.4, 0.5) is 10.2 Å². The average Bonchev–Trinajstić information content (AvgIpc) is 3.39. The molecular weight excluding hydrogens is 503 g/mol. The molecule has 4 atom stereocenters. The summed E-state index contributed by atoms with van der Waals surface area (Å²) in [4.78, 5) is 21.0. The lowest BCUT2D eigenvalue weighted by atomic mass is 10.1. The molecule has 11 nitrogen and oxygen atoms in total. The van der Waals surface area contributed by atoms with Crippen molar-refractivity contribution < 1.29 is 26.9 Å². The molecule has 0 amide bonds. The smallest absolute Gasteiger partial charge is 0.335 e. The number of hydrogen-bond donors (Lipinski definition) is 3. The van der Waals surface area contributed by atoms with E-state index >= 15 is 0 Å². The lowest BCUT2D eigenvalue weighted by molar-refractivity contribution is 0.0248. The Bertz CT molecular complexity index is 1320. The van der Waals surface area contributed by atoms with Crippen LogP contribution >= 0.6 is 11.6 Å². The Morgan fingerprint density at radius 1 is 1.37 bits per heavy atom. The monoisotopic (exact) mass is 524 g/mol. The summed E-state index contributed by atoms with van der Waals surface area (Å²) >= 11 is 6.01. The predicted octanol–water partition coefficient (Wildman–Crippen LogP) is 1.34. The van der Waals surface area contributed by atoms with Gasteiger partial charge in [0.25, 0.3) is 0 Å². The van der Waals surface area contributed by atoms with Crippen LogP contribution in [0.25, 0.3) is 0 Å². The SMILES string of the molecule is CNS(=O)(=O)O[C@@H]1C[C@@H](Nc2ncncc2C(=O)c2ccn(Cc3cccc(Cl)c3)n2)[C@@H](F)[C@@H]1O. The number of alkyl halides is 1. The number of carbonyl (C=O) groups excluding carboxylic acids is 1. The zero-order valence-corrected chi connectivity index (χ0v) is 19.9. The Kier molecular flexibility index (Phi) is 7.42. The number of ketones is 1. The Morgan fingerprint density at radius 3 is 2.91 bits per heavy atom. The molecule has 0 aliphatic heterocycles. The summed E-state index contributed by atoms with van der Waals surface area (Å²) in [7, 11) is -3.00. The third-order valence-electron chi connectivity index (χ3n) is 5.46. The van der Waals surface area contributed by atoms with Crippen molar-refractivity contribution in [2.24, 2.45) is 0 Å². The van der Waals surface area contributed by atoms with Crippen LogP contribution in [0.1, 0.15) is 28.0 Å². The van der Waals surface area contributed by atoms with E-state index in [-0.39, 0.29) is 23.5 Å². The van der Waals surface area contributed by atoms with Gasteiger partial charge in [0.15, 0.2) is 0 Å². The van der Waals surface area contributed by atoms with E-state index in [1.54, 1.807) is 23.0 Å². The molecule has 1 saturated carbocycles. The van der Waals surface area contributed by atoms with Crippen molar-refractivity contribution in [1.82, 2.24) is 24.5 Å². The van der Waals surface area contributed by atoms with E-state index in [2.05, 4.69) is 20.4 Å². The summed E-state index contributed by atoms with van der Waals surface area (Å²) in [6, 6.07) is 7.71. The maximum absolute atomic E-state index is 14.7. The molecule has 0 radical (unpaired) electrons. The Morgan fingerprint density at radius 2 is 2.17 bits per heavy atom. The predicted molar refractivity (Wildman–Crippen MR) is 124 cm³/mol. The highest BCUT2D eigenvalue weighted by molar-refractivity contribution is 7.84. The Hall–Kier alpha value is -2.97. The lowest BCUT2D eigenvalue weighted by Crippen LogP contribution is -2.35. The quantitative estimate of drug-likeness (QED) is 0.352. The van der Waals surface area contributed by atoms with Crippen LogP contribution in [-0.2, 0) is 21.0 Å². The normalized spacial score (nSPS) is 22.3. The number of aliphatic hydroxyl groups is 1. The fourth-order valence-electron chi connectivity index (χ4n) is 3.73. The molecule has 1 aromatic carbocycles. The van der Waals surface area contributed by atoms with Gasteiger partial charge < -0.3 is 10.4 Å². The van der Waals surface area contributed by atoms with Gasteiger partial charge in [-0.1, -0.05) is 23.7 Å². The first-order valence-corrected chi connectivity index (χ1v) is 12.3. The molecule has 0 spiro atoms. The van der Waals surface area contributed by atoms with Gasteiger partial charge in [-0.3, -0.25) is 13.7 Å². The van der Waals surface area contributed by atoms with Crippen LogP contribution in [0.3, 0.4) is 0 Å². The van der Waals surface area contributed by atoms with Crippen molar-refractivity contribution in [2.45, 2.75) is 37.4 Å². The molecule has 35 heavy (non-hydrogen) atoms. The van der Waals surface area contributed by atoms with Crippen molar-refractivity contribution in [3.8, 4) is 0 Å². The van der Waals surface area contributed by atoms with Crippen molar-refractivity contribution >= 4 is 33.5 Å². The topological polar surface area (TPSA) is 148 Å². The first-order valence-electron chi connectivity index (χ1n) is 10.5. The van der Waals surface area contributed by atoms with Crippen molar-refractivity contribution in [3.05, 3.63) is 70.9 Å². The minimum Gasteiger partial charge on any atom is -0.387 e. The van der Waals surface area contributed by atoms with Gasteiger partial charge in [-0.15, -0.1) is 0 Å². The molecule has 2 heterocycles. The summed E-state index contributed by atoms with van der Waals surface area (Å²) in [6.45, 7) is 0.393. The largest absolute Gasteiger partial charge is 0.387 e. The number of hydrogen-bond acceptors (Lipinski definition) is 9. The summed E-state index contributed by atoms with van der Waals surface area (Å²) < 4.78 is 46.3. The molecule has 3 N–H and O–H groups in total. The molecule has 3 aromatic rings. The standard InChI is InChI=1S/C21H22ClFN6O5S/c1-24-35(32,33)34-17-8-16(18(23)20(17)31)27-21-14(9-25-11-26-21)19(30)15-5-6-29(28-15)10-12-3-2-4-13(22)7-12/h2-7,9,11,16-18,20,24,31H,8,10H2,1H3,(H,25,26,27)/t16-,17-,18-,20-/m1/s1. The zero-order chi connectivity index (χ0) is 25.2. The van der Waals surface area contributed by atoms with Crippen molar-refractivity contribution in [1.29, 1.82) is 0 Å². The third-order valence-corrected chi connectivity index (χ3v) is 6.70. The van der Waals surface area contributed by atoms with Crippen LogP contribution in [-0.4, -0.2) is 70.5 Å². The second kappa shape index (κ2) is 10.3. The van der Waals surface area contributed by atoms with Gasteiger partial charge in [-0.25, -0.2) is 14.4 Å². The zero-order valence-electron chi connectivity index (χ0n) is 18.4. The van der Waals surface area contributed by atoms with Crippen LogP contribution in [0.2, 0.25) is 5.02 Å². The van der Waals surface area contributed by atoms with Crippen LogP contribution in [0.5, 0.6) is 0 Å². The van der Waals surface area contributed by atoms with Crippen molar-refractivity contribution in [2.75, 3.05) is 12.4 Å². The molecule has 0 unspecified atom stereocenters. The number of halogens is 2. The number of aliphatic hydroxyl groups excluding tert-OH is 1. The van der Waals surface area contributed by atoms with E-state index in [0.717, 1.165) is 12.6 Å². The molecule has 1 aliphatic carbocycles. The highest BCUT2D eigenvalue weighted by Crippen LogP contribution is 2.30. The van der Waals surface area contributed by atoms with E-state index < -0.39 is 40.5 Å². The van der Waals surface area contributed by atoms with Gasteiger partial charge in [0.2, 0.25) is 5.78 Å². The third kappa shape index (κ3) is 5.82. The fourth-order valence-corrected chi connectivity index (χ4v) is 4.55. The second-order valence-corrected chi connectivity index (χ2v) is 9.80. The van der Waals surface area contributed by atoms with E-state index in [1.807, 2.05) is 16.9 Å². The van der Waals surface area contributed by atoms with Gasteiger partial charge >= 0.3 is 10.3 Å². The number of rotatable bonds is 9. The number of anilines is 1. The Balaban J connectivity index is 1.50. The van der Waals surface area contributed by atoms with Crippen LogP contribution in [0, 0.1) is 0 Å². The van der Waals surface area contributed by atoms with E-state index in [4.69, 9.17) is 15.8 Å². The number of carbonyl (C=O) groups is 1. The minimum atomic E-state index is -4.14. The number of aromatic nitrogens is 4. The summed E-state index contributed by atoms with van der Waals surface area (Å²) in [6.07, 6.45) is -0.987. The maximum atomic E-state index is 14.7. The van der Waals surface area contributed by atoms with Gasteiger partial charge in [0.1, 0.15) is 36.2 Å². The Labute approximate surface area is 205 Å². The maximum Gasteiger partial charge on any atom is 0.335 e. The van der Waals surface area contributed by atoms with Crippen molar-refractivity contribution in [3.63, 3.8) is 0 Å². The fraction of sp³-hybridized carbons (Fsp3) is 0.333. The van der Waals surface area contributed by atoms with Gasteiger partial charge in [0.05, 0.1) is 18.2 Å². The molecule has 0 bridgehead atoms. The number of nitrogens with one attached hydrogen (secondary N) is 2. The first-order chi connectivity index (χ1) is 16.7. The minimum absolute atomic E-state index is 0.0198. The first kappa shape index (κ1) is 25.1. The van der Waals surface area contributed by atoms with Crippen LogP contribution in [0.15, 0.2) is 49.1 Å². The van der Waals surface area contributed by atoms with Gasteiger partial charge in [-0.05, 0) is 23.8 Å². The highest BCUT2D eigenvalue weighted by atomic mass is 35.5. The summed E-state index contributed by atoms with van der Waals surface area (Å²) in [5.41, 5.74) is 1.06.